The van der Waals surface area contributed by atoms with Crippen molar-refractivity contribution in [2.45, 2.75) is 0 Å². The fraction of sp³-hybridized carbons (Fsp3) is 0. The Balaban J connectivity index is 2.50. The number of rotatable bonds is 3. The molecule has 0 aliphatic rings. The zero-order valence-corrected chi connectivity index (χ0v) is 14.6. The van der Waals surface area contributed by atoms with E-state index in [1.54, 1.807) is 0 Å². The van der Waals surface area contributed by atoms with E-state index < -0.39 is 16.4 Å². The molecule has 0 heterocycles. The Morgan fingerprint density at radius 1 is 1.18 bits per heavy atom. The van der Waals surface area contributed by atoms with Gasteiger partial charge >= 0.3 is 5.69 Å². The summed E-state index contributed by atoms with van der Waals surface area (Å²) < 4.78 is 1.01. The summed E-state index contributed by atoms with van der Waals surface area (Å²) in [6.45, 7) is 0. The molecular weight excluding hydrogens is 443 g/mol. The molecule has 0 radical (unpaired) electrons. The average molecular weight is 450 g/mol. The molecule has 2 aromatic carbocycles. The lowest BCUT2D eigenvalue weighted by Gasteiger charge is -2.04. The van der Waals surface area contributed by atoms with Crippen LogP contribution in [0.3, 0.4) is 0 Å². The normalized spacial score (nSPS) is 11.0. The van der Waals surface area contributed by atoms with Gasteiger partial charge in [0.05, 0.1) is 10.6 Å². The largest absolute Gasteiger partial charge is 0.508 e. The van der Waals surface area contributed by atoms with Crippen LogP contribution in [-0.4, -0.2) is 21.4 Å². The minimum Gasteiger partial charge on any atom is -0.508 e. The van der Waals surface area contributed by atoms with Crippen molar-refractivity contribution in [1.82, 2.24) is 0 Å². The molecule has 0 aliphatic carbocycles. The Kier molecular flexibility index (Phi) is 5.05. The highest BCUT2D eigenvalue weighted by Crippen LogP contribution is 2.38. The Labute approximate surface area is 146 Å². The summed E-state index contributed by atoms with van der Waals surface area (Å²) in [6, 6.07) is 5.30. The number of phenolic OH excluding ortho intramolecular Hbond substituents is 2. The highest BCUT2D eigenvalue weighted by Gasteiger charge is 2.18. The zero-order chi connectivity index (χ0) is 16.4. The second-order valence-corrected chi connectivity index (χ2v) is 6.28. The van der Waals surface area contributed by atoms with E-state index in [1.165, 1.54) is 24.4 Å². The molecule has 9 heteroatoms. The number of hydrogen-bond acceptors (Lipinski definition) is 5. The van der Waals surface area contributed by atoms with Gasteiger partial charge in [0, 0.05) is 31.8 Å². The summed E-state index contributed by atoms with van der Waals surface area (Å²) in [4.78, 5) is 14.3. The summed E-state index contributed by atoms with van der Waals surface area (Å²) in [7, 11) is 0. The Morgan fingerprint density at radius 2 is 1.77 bits per heavy atom. The number of aliphatic imine (C=N–C) groups is 1. The van der Waals surface area contributed by atoms with Crippen LogP contribution in [0.1, 0.15) is 5.56 Å². The maximum Gasteiger partial charge on any atom is 0.312 e. The van der Waals surface area contributed by atoms with Gasteiger partial charge < -0.3 is 10.2 Å². The molecule has 6 nitrogen and oxygen atoms in total. The number of phenols is 2. The van der Waals surface area contributed by atoms with Crippen molar-refractivity contribution in [2.24, 2.45) is 4.99 Å². The molecular formula is C13H7Br2ClN2O4. The highest BCUT2D eigenvalue weighted by molar-refractivity contribution is 9.11. The van der Waals surface area contributed by atoms with E-state index in [2.05, 4.69) is 36.9 Å². The van der Waals surface area contributed by atoms with Crippen LogP contribution in [0, 0.1) is 10.1 Å². The molecule has 0 aromatic heterocycles. The summed E-state index contributed by atoms with van der Waals surface area (Å²) in [5.41, 5.74) is 0.0451. The van der Waals surface area contributed by atoms with E-state index >= 15 is 0 Å². The monoisotopic (exact) mass is 448 g/mol. The van der Waals surface area contributed by atoms with E-state index in [9.17, 15) is 20.3 Å². The zero-order valence-electron chi connectivity index (χ0n) is 10.6. The van der Waals surface area contributed by atoms with Gasteiger partial charge in [0.25, 0.3) is 0 Å². The molecule has 114 valence electrons. The first-order valence-corrected chi connectivity index (χ1v) is 7.65. The minimum atomic E-state index is -0.731. The summed E-state index contributed by atoms with van der Waals surface area (Å²) >= 11 is 12.3. The quantitative estimate of drug-likeness (QED) is 0.394. The van der Waals surface area contributed by atoms with Gasteiger partial charge in [-0.05, 0) is 50.1 Å². The van der Waals surface area contributed by atoms with Crippen molar-refractivity contribution in [1.29, 1.82) is 0 Å². The van der Waals surface area contributed by atoms with Gasteiger partial charge in [0.2, 0.25) is 5.75 Å². The molecule has 0 saturated carbocycles. The van der Waals surface area contributed by atoms with E-state index in [-0.39, 0.29) is 16.3 Å². The van der Waals surface area contributed by atoms with Crippen LogP contribution >= 0.6 is 43.5 Å². The Hall–Kier alpha value is -1.64. The number of halogens is 3. The number of hydrogen-bond donors (Lipinski definition) is 2. The highest BCUT2D eigenvalue weighted by atomic mass is 79.9. The van der Waals surface area contributed by atoms with Crippen molar-refractivity contribution in [3.05, 3.63) is 53.9 Å². The molecule has 0 atom stereocenters. The van der Waals surface area contributed by atoms with Gasteiger partial charge in [-0.3, -0.25) is 15.1 Å². The molecule has 0 amide bonds. The summed E-state index contributed by atoms with van der Waals surface area (Å²) in [5.74, 6) is -0.483. The molecule has 0 fully saturated rings. The van der Waals surface area contributed by atoms with E-state index in [0.29, 0.717) is 14.6 Å². The molecule has 0 spiro atoms. The van der Waals surface area contributed by atoms with Crippen LogP contribution in [-0.2, 0) is 0 Å². The molecule has 0 unspecified atom stereocenters. The molecule has 0 aliphatic heterocycles. The molecule has 22 heavy (non-hydrogen) atoms. The second kappa shape index (κ2) is 6.64. The van der Waals surface area contributed by atoms with Gasteiger partial charge in [0.1, 0.15) is 5.75 Å². The lowest BCUT2D eigenvalue weighted by Crippen LogP contribution is -1.92. The topological polar surface area (TPSA) is 96.0 Å². The molecule has 0 bridgehead atoms. The maximum absolute atomic E-state index is 10.8. The molecule has 2 rings (SSSR count). The van der Waals surface area contributed by atoms with Crippen LogP contribution in [0.25, 0.3) is 0 Å². The van der Waals surface area contributed by atoms with Gasteiger partial charge in [-0.15, -0.1) is 0 Å². The van der Waals surface area contributed by atoms with Crippen LogP contribution in [0.15, 0.2) is 38.2 Å². The Bertz CT molecular complexity index is 773. The fourth-order valence-corrected chi connectivity index (χ4v) is 3.24. The van der Waals surface area contributed by atoms with Gasteiger partial charge in [0.15, 0.2) is 0 Å². The predicted molar refractivity (Wildman–Crippen MR) is 90.5 cm³/mol. The van der Waals surface area contributed by atoms with Crippen molar-refractivity contribution in [3.8, 4) is 11.5 Å². The number of nitro groups is 1. The SMILES string of the molecule is O=[N+]([O-])c1cc(Cl)cc(C=Nc2c(Br)cc(O)cc2Br)c1O. The maximum atomic E-state index is 10.8. The van der Waals surface area contributed by atoms with Crippen molar-refractivity contribution >= 4 is 61.1 Å². The summed E-state index contributed by atoms with van der Waals surface area (Å²) in [5, 5.41) is 30.3. The third kappa shape index (κ3) is 3.57. The van der Waals surface area contributed by atoms with Gasteiger partial charge in [-0.2, -0.15) is 0 Å². The minimum absolute atomic E-state index is 0.0407. The third-order valence-corrected chi connectivity index (χ3v) is 4.04. The fourth-order valence-electron chi connectivity index (χ4n) is 1.65. The van der Waals surface area contributed by atoms with Crippen molar-refractivity contribution in [2.75, 3.05) is 0 Å². The van der Waals surface area contributed by atoms with Gasteiger partial charge in [-0.25, -0.2) is 0 Å². The smallest absolute Gasteiger partial charge is 0.312 e. The third-order valence-electron chi connectivity index (χ3n) is 2.62. The van der Waals surface area contributed by atoms with Gasteiger partial charge in [-0.1, -0.05) is 11.6 Å². The number of nitro benzene ring substituents is 1. The second-order valence-electron chi connectivity index (χ2n) is 4.14. The van der Waals surface area contributed by atoms with E-state index in [1.807, 2.05) is 0 Å². The van der Waals surface area contributed by atoms with Crippen LogP contribution < -0.4 is 0 Å². The predicted octanol–water partition coefficient (Wildman–Crippen LogP) is 4.94. The summed E-state index contributed by atoms with van der Waals surface area (Å²) in [6.07, 6.45) is 1.25. The lowest BCUT2D eigenvalue weighted by molar-refractivity contribution is -0.385. The number of aromatic hydroxyl groups is 2. The number of benzene rings is 2. The molecule has 2 N–H and O–H groups in total. The van der Waals surface area contributed by atoms with Crippen LogP contribution in [0.2, 0.25) is 5.02 Å². The first-order valence-electron chi connectivity index (χ1n) is 5.68. The van der Waals surface area contributed by atoms with Crippen molar-refractivity contribution in [3.63, 3.8) is 0 Å². The number of nitrogens with zero attached hydrogens (tertiary/aromatic N) is 2. The van der Waals surface area contributed by atoms with E-state index in [0.717, 1.165) is 6.07 Å². The van der Waals surface area contributed by atoms with Crippen LogP contribution in [0.4, 0.5) is 11.4 Å². The van der Waals surface area contributed by atoms with Crippen LogP contribution in [0.5, 0.6) is 11.5 Å². The average Bonchev–Trinajstić information content (AvgIpc) is 2.40. The molecule has 2 aromatic rings. The van der Waals surface area contributed by atoms with Crippen molar-refractivity contribution < 1.29 is 15.1 Å². The lowest BCUT2D eigenvalue weighted by atomic mass is 10.2. The first-order chi connectivity index (χ1) is 10.3. The first kappa shape index (κ1) is 16.7. The Morgan fingerprint density at radius 3 is 2.32 bits per heavy atom. The molecule has 0 saturated heterocycles. The standard InChI is InChI=1S/C13H7Br2ClN2O4/c14-9-3-8(19)4-10(15)12(9)17-5-6-1-7(16)2-11(13(6)20)18(21)22/h1-5,19-20H. The van der Waals surface area contributed by atoms with E-state index in [4.69, 9.17) is 11.6 Å².